The largest absolute Gasteiger partial charge is 0.508 e. The number of carbonyl (C=O) groups is 1. The summed E-state index contributed by atoms with van der Waals surface area (Å²) < 4.78 is 5.12. The molecule has 0 unspecified atom stereocenters. The van der Waals surface area contributed by atoms with Gasteiger partial charge >= 0.3 is 0 Å². The second-order valence-corrected chi connectivity index (χ2v) is 6.55. The lowest BCUT2D eigenvalue weighted by atomic mass is 9.64. The molecule has 1 fully saturated rings. The lowest BCUT2D eigenvalue weighted by Crippen LogP contribution is -2.42. The molecule has 0 aliphatic heterocycles. The minimum Gasteiger partial charge on any atom is -0.508 e. The van der Waals surface area contributed by atoms with E-state index in [1.165, 1.54) is 0 Å². The second-order valence-electron chi connectivity index (χ2n) is 6.55. The van der Waals surface area contributed by atoms with Gasteiger partial charge in [-0.05, 0) is 30.4 Å². The van der Waals surface area contributed by atoms with E-state index in [2.05, 4.69) is 29.3 Å². The van der Waals surface area contributed by atoms with Gasteiger partial charge < -0.3 is 14.9 Å². The molecule has 6 heteroatoms. The van der Waals surface area contributed by atoms with Crippen LogP contribution in [0.3, 0.4) is 0 Å². The van der Waals surface area contributed by atoms with Crippen molar-refractivity contribution in [1.29, 1.82) is 0 Å². The van der Waals surface area contributed by atoms with Crippen LogP contribution in [0.25, 0.3) is 11.4 Å². The standard InChI is InChI=1S/C16H19N3O3/c1-16(2)7-11(8-16)15(21)17-9-13-18-14(19-22-13)10-4-3-5-12(20)6-10/h3-6,11,20H,7-9H2,1-2H3,(H,17,21). The zero-order valence-electron chi connectivity index (χ0n) is 12.7. The highest BCUT2D eigenvalue weighted by atomic mass is 16.5. The number of aromatic nitrogens is 2. The lowest BCUT2D eigenvalue weighted by Gasteiger charge is -2.41. The summed E-state index contributed by atoms with van der Waals surface area (Å²) in [5, 5.41) is 16.1. The van der Waals surface area contributed by atoms with Gasteiger partial charge in [-0.25, -0.2) is 0 Å². The lowest BCUT2D eigenvalue weighted by molar-refractivity contribution is -0.131. The van der Waals surface area contributed by atoms with Crippen molar-refractivity contribution in [2.24, 2.45) is 11.3 Å². The van der Waals surface area contributed by atoms with Gasteiger partial charge in [-0.3, -0.25) is 4.79 Å². The number of rotatable bonds is 4. The van der Waals surface area contributed by atoms with Gasteiger partial charge in [-0.1, -0.05) is 31.1 Å². The van der Waals surface area contributed by atoms with E-state index in [0.29, 0.717) is 17.3 Å². The average molecular weight is 301 g/mol. The molecule has 1 heterocycles. The van der Waals surface area contributed by atoms with Gasteiger partial charge in [0.2, 0.25) is 17.6 Å². The van der Waals surface area contributed by atoms with Gasteiger partial charge in [0.15, 0.2) is 0 Å². The first-order valence-electron chi connectivity index (χ1n) is 7.33. The van der Waals surface area contributed by atoms with Gasteiger partial charge in [0.25, 0.3) is 0 Å². The quantitative estimate of drug-likeness (QED) is 0.905. The molecule has 1 aliphatic rings. The molecular weight excluding hydrogens is 282 g/mol. The molecule has 2 aromatic rings. The molecule has 0 atom stereocenters. The highest BCUT2D eigenvalue weighted by Crippen LogP contribution is 2.44. The van der Waals surface area contributed by atoms with E-state index in [0.717, 1.165) is 12.8 Å². The molecule has 116 valence electrons. The summed E-state index contributed by atoms with van der Waals surface area (Å²) in [6.07, 6.45) is 1.83. The summed E-state index contributed by atoms with van der Waals surface area (Å²) >= 11 is 0. The summed E-state index contributed by atoms with van der Waals surface area (Å²) in [6, 6.07) is 6.62. The van der Waals surface area contributed by atoms with E-state index in [1.54, 1.807) is 24.3 Å². The Bertz CT molecular complexity index is 685. The van der Waals surface area contributed by atoms with Gasteiger partial charge in [-0.2, -0.15) is 4.98 Å². The normalized spacial score (nSPS) is 17.0. The number of aromatic hydroxyl groups is 1. The second kappa shape index (κ2) is 5.44. The van der Waals surface area contributed by atoms with Crippen molar-refractivity contribution >= 4 is 5.91 Å². The van der Waals surface area contributed by atoms with Crippen LogP contribution in [0.1, 0.15) is 32.6 Å². The number of phenols is 1. The third-order valence-electron chi connectivity index (χ3n) is 3.96. The van der Waals surface area contributed by atoms with Gasteiger partial charge in [0.05, 0.1) is 6.54 Å². The maximum atomic E-state index is 12.0. The van der Waals surface area contributed by atoms with Crippen LogP contribution >= 0.6 is 0 Å². The smallest absolute Gasteiger partial charge is 0.246 e. The molecule has 0 radical (unpaired) electrons. The van der Waals surface area contributed by atoms with Crippen LogP contribution < -0.4 is 5.32 Å². The molecule has 0 bridgehead atoms. The topological polar surface area (TPSA) is 88.2 Å². The van der Waals surface area contributed by atoms with Crippen molar-refractivity contribution in [2.75, 3.05) is 0 Å². The minimum atomic E-state index is 0.0384. The molecule has 3 rings (SSSR count). The molecule has 22 heavy (non-hydrogen) atoms. The summed E-state index contributed by atoms with van der Waals surface area (Å²) in [5.41, 5.74) is 0.941. The number of benzene rings is 1. The van der Waals surface area contributed by atoms with Gasteiger partial charge in [0, 0.05) is 11.5 Å². The molecule has 1 aromatic carbocycles. The molecule has 2 N–H and O–H groups in total. The molecule has 6 nitrogen and oxygen atoms in total. The third-order valence-corrected chi connectivity index (χ3v) is 3.96. The maximum Gasteiger partial charge on any atom is 0.246 e. The molecule has 1 aliphatic carbocycles. The van der Waals surface area contributed by atoms with E-state index in [9.17, 15) is 9.90 Å². The van der Waals surface area contributed by atoms with Crippen LogP contribution in [-0.4, -0.2) is 21.2 Å². The summed E-state index contributed by atoms with van der Waals surface area (Å²) in [7, 11) is 0. The molecule has 0 spiro atoms. The van der Waals surface area contributed by atoms with Crippen LogP contribution in [-0.2, 0) is 11.3 Å². The number of nitrogens with zero attached hydrogens (tertiary/aromatic N) is 2. The fourth-order valence-electron chi connectivity index (χ4n) is 2.86. The fraction of sp³-hybridized carbons (Fsp3) is 0.438. The summed E-state index contributed by atoms with van der Waals surface area (Å²) in [5.74, 6) is 1.01. The van der Waals surface area contributed by atoms with E-state index in [1.807, 2.05) is 0 Å². The van der Waals surface area contributed by atoms with Crippen LogP contribution in [0.4, 0.5) is 0 Å². The van der Waals surface area contributed by atoms with Crippen LogP contribution in [0.15, 0.2) is 28.8 Å². The van der Waals surface area contributed by atoms with Crippen molar-refractivity contribution in [3.63, 3.8) is 0 Å². The first kappa shape index (κ1) is 14.6. The Labute approximate surface area is 128 Å². The molecule has 1 aromatic heterocycles. The van der Waals surface area contributed by atoms with Crippen LogP contribution in [0.5, 0.6) is 5.75 Å². The van der Waals surface area contributed by atoms with Crippen LogP contribution in [0, 0.1) is 11.3 Å². The summed E-state index contributed by atoms with van der Waals surface area (Å²) in [4.78, 5) is 16.2. The zero-order valence-corrected chi connectivity index (χ0v) is 12.7. The van der Waals surface area contributed by atoms with Gasteiger partial charge in [-0.15, -0.1) is 0 Å². The molecular formula is C16H19N3O3. The van der Waals surface area contributed by atoms with Crippen molar-refractivity contribution in [3.05, 3.63) is 30.2 Å². The first-order chi connectivity index (χ1) is 10.4. The first-order valence-corrected chi connectivity index (χ1v) is 7.33. The maximum absolute atomic E-state index is 12.0. The van der Waals surface area contributed by atoms with Crippen LogP contribution in [0.2, 0.25) is 0 Å². The third kappa shape index (κ3) is 3.10. The Balaban J connectivity index is 1.57. The van der Waals surface area contributed by atoms with E-state index >= 15 is 0 Å². The Morgan fingerprint density at radius 3 is 2.91 bits per heavy atom. The predicted molar refractivity (Wildman–Crippen MR) is 79.8 cm³/mol. The van der Waals surface area contributed by atoms with E-state index in [4.69, 9.17) is 4.52 Å². The number of hydrogen-bond donors (Lipinski definition) is 2. The molecule has 0 saturated heterocycles. The molecule has 1 saturated carbocycles. The van der Waals surface area contributed by atoms with Crippen molar-refractivity contribution in [3.8, 4) is 17.1 Å². The monoisotopic (exact) mass is 301 g/mol. The highest BCUT2D eigenvalue weighted by molar-refractivity contribution is 5.79. The van der Waals surface area contributed by atoms with Gasteiger partial charge in [0.1, 0.15) is 5.75 Å². The number of phenolic OH excluding ortho intramolecular Hbond substituents is 1. The molecule has 1 amide bonds. The Morgan fingerprint density at radius 2 is 2.23 bits per heavy atom. The number of hydrogen-bond acceptors (Lipinski definition) is 5. The average Bonchev–Trinajstić information content (AvgIpc) is 2.91. The number of nitrogens with one attached hydrogen (secondary N) is 1. The van der Waals surface area contributed by atoms with E-state index < -0.39 is 0 Å². The van der Waals surface area contributed by atoms with Crippen molar-refractivity contribution in [2.45, 2.75) is 33.2 Å². The highest BCUT2D eigenvalue weighted by Gasteiger charge is 2.40. The van der Waals surface area contributed by atoms with Crippen molar-refractivity contribution in [1.82, 2.24) is 15.5 Å². The van der Waals surface area contributed by atoms with E-state index in [-0.39, 0.29) is 29.5 Å². The Morgan fingerprint density at radius 1 is 1.45 bits per heavy atom. The Hall–Kier alpha value is -2.37. The zero-order chi connectivity index (χ0) is 15.7. The number of carbonyl (C=O) groups excluding carboxylic acids is 1. The Kier molecular flexibility index (Phi) is 3.60. The van der Waals surface area contributed by atoms with Crippen molar-refractivity contribution < 1.29 is 14.4 Å². The fourth-order valence-corrected chi connectivity index (χ4v) is 2.86. The minimum absolute atomic E-state index is 0.0384. The SMILES string of the molecule is CC1(C)CC(C(=O)NCc2nc(-c3cccc(O)c3)no2)C1. The number of amides is 1. The summed E-state index contributed by atoms with van der Waals surface area (Å²) in [6.45, 7) is 4.55. The predicted octanol–water partition coefficient (Wildman–Crippen LogP) is 2.49.